The first kappa shape index (κ1) is 15.3. The molecule has 1 atom stereocenters. The number of rotatable bonds is 7. The van der Waals surface area contributed by atoms with Gasteiger partial charge in [0.1, 0.15) is 5.82 Å². The minimum atomic E-state index is 0.726. The molecule has 0 radical (unpaired) electrons. The normalized spacial score (nSPS) is 19.7. The minimum Gasteiger partial charge on any atom is -0.370 e. The third kappa shape index (κ3) is 3.93. The van der Waals surface area contributed by atoms with Crippen molar-refractivity contribution in [2.45, 2.75) is 39.3 Å². The fourth-order valence-corrected chi connectivity index (χ4v) is 3.13. The van der Waals surface area contributed by atoms with Crippen molar-refractivity contribution in [1.82, 2.24) is 14.8 Å². The molecule has 4 heteroatoms. The third-order valence-corrected chi connectivity index (χ3v) is 4.10. The lowest BCUT2D eigenvalue weighted by Crippen LogP contribution is -2.38. The summed E-state index contributed by atoms with van der Waals surface area (Å²) in [5.41, 5.74) is 1.29. The zero-order valence-corrected chi connectivity index (χ0v) is 13.1. The van der Waals surface area contributed by atoms with E-state index >= 15 is 0 Å². The fraction of sp³-hybridized carbons (Fsp3) is 0.688. The van der Waals surface area contributed by atoms with Crippen LogP contribution >= 0.6 is 0 Å². The van der Waals surface area contributed by atoms with E-state index < -0.39 is 0 Å². The second-order valence-electron chi connectivity index (χ2n) is 5.66. The molecular weight excluding hydrogens is 248 g/mol. The standard InChI is InChI=1S/C16H28N4/c1-4-17-16-14(8-6-10-18-16)12-19(3)13-15-9-7-11-20(15)5-2/h6,8,10,15H,4-5,7,9,11-13H2,1-3H3,(H,17,18). The van der Waals surface area contributed by atoms with E-state index in [1.807, 2.05) is 12.3 Å². The minimum absolute atomic E-state index is 0.726. The molecule has 0 aliphatic carbocycles. The number of aromatic nitrogens is 1. The third-order valence-electron chi connectivity index (χ3n) is 4.10. The lowest BCUT2D eigenvalue weighted by atomic mass is 10.2. The molecule has 1 saturated heterocycles. The van der Waals surface area contributed by atoms with Gasteiger partial charge < -0.3 is 10.2 Å². The Morgan fingerprint density at radius 3 is 3.05 bits per heavy atom. The van der Waals surface area contributed by atoms with Gasteiger partial charge in [-0.25, -0.2) is 4.98 Å². The smallest absolute Gasteiger partial charge is 0.130 e. The first-order valence-electron chi connectivity index (χ1n) is 7.85. The molecule has 112 valence electrons. The largest absolute Gasteiger partial charge is 0.370 e. The summed E-state index contributed by atoms with van der Waals surface area (Å²) in [7, 11) is 2.22. The van der Waals surface area contributed by atoms with E-state index in [9.17, 15) is 0 Å². The summed E-state index contributed by atoms with van der Waals surface area (Å²) in [6.45, 7) is 9.85. The average molecular weight is 276 g/mol. The van der Waals surface area contributed by atoms with Gasteiger partial charge in [-0.15, -0.1) is 0 Å². The van der Waals surface area contributed by atoms with Crippen LogP contribution in [0.25, 0.3) is 0 Å². The van der Waals surface area contributed by atoms with E-state index in [1.165, 1.54) is 31.5 Å². The quantitative estimate of drug-likeness (QED) is 0.829. The Morgan fingerprint density at radius 2 is 2.30 bits per heavy atom. The Kier molecular flexibility index (Phi) is 5.80. The molecule has 1 fully saturated rings. The first-order chi connectivity index (χ1) is 9.74. The number of hydrogen-bond donors (Lipinski definition) is 1. The summed E-state index contributed by atoms with van der Waals surface area (Å²) in [6, 6.07) is 4.93. The van der Waals surface area contributed by atoms with Crippen LogP contribution in [0, 0.1) is 0 Å². The van der Waals surface area contributed by atoms with Gasteiger partial charge in [-0.05, 0) is 46.0 Å². The second-order valence-corrected chi connectivity index (χ2v) is 5.66. The van der Waals surface area contributed by atoms with Crippen molar-refractivity contribution >= 4 is 5.82 Å². The van der Waals surface area contributed by atoms with E-state index in [0.717, 1.165) is 31.5 Å². The average Bonchev–Trinajstić information content (AvgIpc) is 2.88. The van der Waals surface area contributed by atoms with Gasteiger partial charge in [0.25, 0.3) is 0 Å². The summed E-state index contributed by atoms with van der Waals surface area (Å²) in [4.78, 5) is 9.47. The SMILES string of the molecule is CCNc1ncccc1CN(C)CC1CCCN1CC. The predicted octanol–water partition coefficient (Wildman–Crippen LogP) is 2.43. The molecule has 1 unspecified atom stereocenters. The Morgan fingerprint density at radius 1 is 1.45 bits per heavy atom. The lowest BCUT2D eigenvalue weighted by molar-refractivity contribution is 0.195. The highest BCUT2D eigenvalue weighted by atomic mass is 15.2. The van der Waals surface area contributed by atoms with Crippen molar-refractivity contribution in [3.63, 3.8) is 0 Å². The van der Waals surface area contributed by atoms with Crippen molar-refractivity contribution in [3.8, 4) is 0 Å². The van der Waals surface area contributed by atoms with Gasteiger partial charge in [0.15, 0.2) is 0 Å². The molecule has 0 saturated carbocycles. The predicted molar refractivity (Wildman–Crippen MR) is 85.0 cm³/mol. The summed E-state index contributed by atoms with van der Waals surface area (Å²) in [6.07, 6.45) is 4.55. The number of anilines is 1. The molecule has 1 aliphatic rings. The van der Waals surface area contributed by atoms with Crippen molar-refractivity contribution in [3.05, 3.63) is 23.9 Å². The molecule has 1 aromatic rings. The molecule has 4 nitrogen and oxygen atoms in total. The van der Waals surface area contributed by atoms with E-state index in [1.54, 1.807) is 0 Å². The maximum absolute atomic E-state index is 4.44. The monoisotopic (exact) mass is 276 g/mol. The summed E-state index contributed by atoms with van der Waals surface area (Å²) < 4.78 is 0. The van der Waals surface area contributed by atoms with Crippen LogP contribution in [0.5, 0.6) is 0 Å². The van der Waals surface area contributed by atoms with Crippen molar-refractivity contribution < 1.29 is 0 Å². The number of nitrogens with zero attached hydrogens (tertiary/aromatic N) is 3. The first-order valence-corrected chi connectivity index (χ1v) is 7.85. The highest BCUT2D eigenvalue weighted by Crippen LogP contribution is 2.19. The van der Waals surface area contributed by atoms with Gasteiger partial charge in [-0.3, -0.25) is 4.90 Å². The molecule has 0 aromatic carbocycles. The van der Waals surface area contributed by atoms with Crippen LogP contribution < -0.4 is 5.32 Å². The number of likely N-dealkylation sites (N-methyl/N-ethyl adjacent to an activating group) is 2. The molecule has 1 aliphatic heterocycles. The van der Waals surface area contributed by atoms with Gasteiger partial charge in [0, 0.05) is 37.4 Å². The van der Waals surface area contributed by atoms with Gasteiger partial charge in [0.2, 0.25) is 0 Å². The number of likely N-dealkylation sites (tertiary alicyclic amines) is 1. The Balaban J connectivity index is 1.92. The van der Waals surface area contributed by atoms with E-state index in [0.29, 0.717) is 0 Å². The van der Waals surface area contributed by atoms with Crippen molar-refractivity contribution in [2.75, 3.05) is 38.5 Å². The molecule has 2 heterocycles. The Hall–Kier alpha value is -1.13. The van der Waals surface area contributed by atoms with Crippen LogP contribution in [0.1, 0.15) is 32.3 Å². The summed E-state index contributed by atoms with van der Waals surface area (Å²) in [5.74, 6) is 1.03. The number of hydrogen-bond acceptors (Lipinski definition) is 4. The van der Waals surface area contributed by atoms with Gasteiger partial charge >= 0.3 is 0 Å². The Labute approximate surface area is 123 Å². The molecule has 0 amide bonds. The molecular formula is C16H28N4. The molecule has 2 rings (SSSR count). The molecule has 1 aromatic heterocycles. The van der Waals surface area contributed by atoms with Gasteiger partial charge in [-0.1, -0.05) is 13.0 Å². The molecule has 20 heavy (non-hydrogen) atoms. The maximum atomic E-state index is 4.44. The van der Waals surface area contributed by atoms with Crippen molar-refractivity contribution in [2.24, 2.45) is 0 Å². The van der Waals surface area contributed by atoms with E-state index in [-0.39, 0.29) is 0 Å². The highest BCUT2D eigenvalue weighted by Gasteiger charge is 2.24. The maximum Gasteiger partial charge on any atom is 0.130 e. The highest BCUT2D eigenvalue weighted by molar-refractivity contribution is 5.43. The second kappa shape index (κ2) is 7.60. The van der Waals surface area contributed by atoms with E-state index in [4.69, 9.17) is 0 Å². The number of nitrogens with one attached hydrogen (secondary N) is 1. The zero-order chi connectivity index (χ0) is 14.4. The molecule has 0 bridgehead atoms. The van der Waals surface area contributed by atoms with Gasteiger partial charge in [-0.2, -0.15) is 0 Å². The van der Waals surface area contributed by atoms with Crippen LogP contribution in [0.3, 0.4) is 0 Å². The summed E-state index contributed by atoms with van der Waals surface area (Å²) in [5, 5.41) is 3.35. The number of pyridine rings is 1. The molecule has 1 N–H and O–H groups in total. The lowest BCUT2D eigenvalue weighted by Gasteiger charge is -2.28. The topological polar surface area (TPSA) is 31.4 Å². The summed E-state index contributed by atoms with van der Waals surface area (Å²) >= 11 is 0. The fourth-order valence-electron chi connectivity index (χ4n) is 3.13. The Bertz CT molecular complexity index is 407. The van der Waals surface area contributed by atoms with Crippen LogP contribution in [0.4, 0.5) is 5.82 Å². The zero-order valence-electron chi connectivity index (χ0n) is 13.1. The van der Waals surface area contributed by atoms with E-state index in [2.05, 4.69) is 47.1 Å². The van der Waals surface area contributed by atoms with Crippen LogP contribution in [0.15, 0.2) is 18.3 Å². The van der Waals surface area contributed by atoms with Crippen LogP contribution in [-0.2, 0) is 6.54 Å². The van der Waals surface area contributed by atoms with Crippen LogP contribution in [0.2, 0.25) is 0 Å². The van der Waals surface area contributed by atoms with Crippen molar-refractivity contribution in [1.29, 1.82) is 0 Å². The van der Waals surface area contributed by atoms with Crippen LogP contribution in [-0.4, -0.2) is 54.1 Å². The molecule has 0 spiro atoms. The van der Waals surface area contributed by atoms with Gasteiger partial charge in [0.05, 0.1) is 0 Å².